The molecule has 2 fully saturated rings. The standard InChI is InChI=1S/C14H19N7O2/c1-9-12(18-23-17-9)8-13(22)20-6-4-11(5-7-20)21-16-14(15-19-21)10-2-3-10/h10-11H,2-8H2,1H3. The van der Waals surface area contributed by atoms with Gasteiger partial charge in [0, 0.05) is 19.0 Å². The van der Waals surface area contributed by atoms with Crippen LogP contribution in [0.4, 0.5) is 0 Å². The molecule has 1 saturated carbocycles. The number of amides is 1. The number of carbonyl (C=O) groups excluding carboxylic acids is 1. The smallest absolute Gasteiger partial charge is 0.228 e. The normalized spacial score (nSPS) is 19.3. The fraction of sp³-hybridized carbons (Fsp3) is 0.714. The third kappa shape index (κ3) is 2.95. The molecular weight excluding hydrogens is 298 g/mol. The van der Waals surface area contributed by atoms with E-state index in [0.29, 0.717) is 30.4 Å². The molecule has 0 unspecified atom stereocenters. The van der Waals surface area contributed by atoms with Crippen molar-refractivity contribution in [1.29, 1.82) is 0 Å². The van der Waals surface area contributed by atoms with Crippen LogP contribution in [-0.4, -0.2) is 54.4 Å². The highest BCUT2D eigenvalue weighted by atomic mass is 16.6. The maximum Gasteiger partial charge on any atom is 0.228 e. The molecule has 3 heterocycles. The molecule has 122 valence electrons. The highest BCUT2D eigenvalue weighted by molar-refractivity contribution is 5.78. The molecule has 0 atom stereocenters. The van der Waals surface area contributed by atoms with Gasteiger partial charge in [-0.15, -0.1) is 10.2 Å². The Bertz CT molecular complexity index is 698. The van der Waals surface area contributed by atoms with Crippen molar-refractivity contribution in [2.45, 2.75) is 51.0 Å². The summed E-state index contributed by atoms with van der Waals surface area (Å²) in [5, 5.41) is 20.3. The molecule has 4 rings (SSSR count). The molecule has 0 bridgehead atoms. The average Bonchev–Trinajstić information content (AvgIpc) is 3.17. The van der Waals surface area contributed by atoms with Gasteiger partial charge in [-0.05, 0) is 37.8 Å². The van der Waals surface area contributed by atoms with Gasteiger partial charge in [-0.25, -0.2) is 4.63 Å². The van der Waals surface area contributed by atoms with Gasteiger partial charge in [0.2, 0.25) is 5.91 Å². The molecule has 1 aliphatic carbocycles. The topological polar surface area (TPSA) is 103 Å². The van der Waals surface area contributed by atoms with Crippen LogP contribution in [0.1, 0.15) is 54.9 Å². The monoisotopic (exact) mass is 317 g/mol. The summed E-state index contributed by atoms with van der Waals surface area (Å²) in [6, 6.07) is 0.231. The number of piperidine rings is 1. The van der Waals surface area contributed by atoms with Crippen LogP contribution >= 0.6 is 0 Å². The molecule has 2 aliphatic rings. The molecule has 23 heavy (non-hydrogen) atoms. The van der Waals surface area contributed by atoms with Gasteiger partial charge in [0.1, 0.15) is 11.4 Å². The van der Waals surface area contributed by atoms with Crippen LogP contribution in [0.2, 0.25) is 0 Å². The molecule has 9 heteroatoms. The average molecular weight is 317 g/mol. The van der Waals surface area contributed by atoms with Crippen molar-refractivity contribution >= 4 is 5.91 Å². The van der Waals surface area contributed by atoms with Crippen LogP contribution in [0.5, 0.6) is 0 Å². The van der Waals surface area contributed by atoms with Gasteiger partial charge < -0.3 is 4.90 Å². The van der Waals surface area contributed by atoms with E-state index in [9.17, 15) is 4.79 Å². The number of aryl methyl sites for hydroxylation is 1. The Morgan fingerprint density at radius 1 is 1.22 bits per heavy atom. The van der Waals surface area contributed by atoms with E-state index < -0.39 is 0 Å². The van der Waals surface area contributed by atoms with Crippen molar-refractivity contribution < 1.29 is 9.42 Å². The predicted molar refractivity (Wildman–Crippen MR) is 77.4 cm³/mol. The second kappa shape index (κ2) is 5.71. The lowest BCUT2D eigenvalue weighted by atomic mass is 10.1. The van der Waals surface area contributed by atoms with Gasteiger partial charge in [-0.2, -0.15) is 4.80 Å². The van der Waals surface area contributed by atoms with Crippen LogP contribution in [0, 0.1) is 6.92 Å². The molecule has 9 nitrogen and oxygen atoms in total. The first-order valence-corrected chi connectivity index (χ1v) is 8.06. The second-order valence-corrected chi connectivity index (χ2v) is 6.33. The molecule has 1 amide bonds. The van der Waals surface area contributed by atoms with Crippen molar-refractivity contribution in [1.82, 2.24) is 35.4 Å². The number of likely N-dealkylation sites (tertiary alicyclic amines) is 1. The molecule has 1 aliphatic heterocycles. The maximum atomic E-state index is 12.3. The lowest BCUT2D eigenvalue weighted by molar-refractivity contribution is -0.131. The summed E-state index contributed by atoms with van der Waals surface area (Å²) in [5.74, 6) is 1.45. The number of rotatable bonds is 4. The zero-order valence-electron chi connectivity index (χ0n) is 13.1. The zero-order valence-corrected chi connectivity index (χ0v) is 13.1. The summed E-state index contributed by atoms with van der Waals surface area (Å²) >= 11 is 0. The fourth-order valence-electron chi connectivity index (χ4n) is 2.91. The Kier molecular flexibility index (Phi) is 3.55. The van der Waals surface area contributed by atoms with E-state index in [0.717, 1.165) is 18.7 Å². The van der Waals surface area contributed by atoms with Crippen LogP contribution in [0.3, 0.4) is 0 Å². The largest absolute Gasteiger partial charge is 0.342 e. The predicted octanol–water partition coefficient (Wildman–Crippen LogP) is 0.648. The molecule has 0 aromatic carbocycles. The summed E-state index contributed by atoms with van der Waals surface area (Å²) < 4.78 is 4.64. The zero-order chi connectivity index (χ0) is 15.8. The molecule has 0 radical (unpaired) electrons. The number of carbonyl (C=O) groups is 1. The van der Waals surface area contributed by atoms with E-state index in [1.807, 2.05) is 4.90 Å². The summed E-state index contributed by atoms with van der Waals surface area (Å²) in [6.07, 6.45) is 4.29. The maximum absolute atomic E-state index is 12.3. The lowest BCUT2D eigenvalue weighted by Crippen LogP contribution is -2.40. The number of nitrogens with zero attached hydrogens (tertiary/aromatic N) is 7. The van der Waals surface area contributed by atoms with Gasteiger partial charge in [-0.3, -0.25) is 4.79 Å². The first kappa shape index (κ1) is 14.3. The Hall–Kier alpha value is -2.32. The van der Waals surface area contributed by atoms with Crippen LogP contribution in [-0.2, 0) is 11.2 Å². The Labute approximate surface area is 133 Å². The number of hydrogen-bond donors (Lipinski definition) is 0. The highest BCUT2D eigenvalue weighted by Crippen LogP contribution is 2.37. The van der Waals surface area contributed by atoms with E-state index in [2.05, 4.69) is 30.4 Å². The number of tetrazole rings is 1. The third-order valence-electron chi connectivity index (χ3n) is 4.60. The van der Waals surface area contributed by atoms with Crippen molar-refractivity contribution in [3.63, 3.8) is 0 Å². The number of aromatic nitrogens is 6. The molecule has 0 N–H and O–H groups in total. The second-order valence-electron chi connectivity index (χ2n) is 6.33. The summed E-state index contributed by atoms with van der Waals surface area (Å²) in [4.78, 5) is 15.9. The van der Waals surface area contributed by atoms with Crippen molar-refractivity contribution in [2.24, 2.45) is 0 Å². The minimum atomic E-state index is 0.0625. The van der Waals surface area contributed by atoms with Gasteiger partial charge in [-0.1, -0.05) is 10.3 Å². The fourth-order valence-corrected chi connectivity index (χ4v) is 2.91. The molecular formula is C14H19N7O2. The minimum absolute atomic E-state index is 0.0625. The third-order valence-corrected chi connectivity index (χ3v) is 4.60. The molecule has 2 aromatic heterocycles. The number of hydrogen-bond acceptors (Lipinski definition) is 7. The lowest BCUT2D eigenvalue weighted by Gasteiger charge is -2.31. The Morgan fingerprint density at radius 3 is 2.65 bits per heavy atom. The van der Waals surface area contributed by atoms with Crippen molar-refractivity contribution in [3.8, 4) is 0 Å². The highest BCUT2D eigenvalue weighted by Gasteiger charge is 2.30. The van der Waals surface area contributed by atoms with Crippen LogP contribution in [0.15, 0.2) is 4.63 Å². The van der Waals surface area contributed by atoms with Crippen molar-refractivity contribution in [3.05, 3.63) is 17.2 Å². The first-order valence-electron chi connectivity index (χ1n) is 8.06. The van der Waals surface area contributed by atoms with E-state index in [1.165, 1.54) is 12.8 Å². The van der Waals surface area contributed by atoms with E-state index >= 15 is 0 Å². The van der Waals surface area contributed by atoms with Gasteiger partial charge in [0.15, 0.2) is 5.82 Å². The van der Waals surface area contributed by atoms with Gasteiger partial charge >= 0.3 is 0 Å². The Morgan fingerprint density at radius 2 is 2.00 bits per heavy atom. The van der Waals surface area contributed by atoms with Crippen LogP contribution < -0.4 is 0 Å². The summed E-state index contributed by atoms with van der Waals surface area (Å²) in [5.41, 5.74) is 1.29. The van der Waals surface area contributed by atoms with E-state index in [-0.39, 0.29) is 18.4 Å². The minimum Gasteiger partial charge on any atom is -0.342 e. The summed E-state index contributed by atoms with van der Waals surface area (Å²) in [7, 11) is 0. The van der Waals surface area contributed by atoms with Crippen molar-refractivity contribution in [2.75, 3.05) is 13.1 Å². The Balaban J connectivity index is 1.33. The molecule has 1 saturated heterocycles. The summed E-state index contributed by atoms with van der Waals surface area (Å²) in [6.45, 7) is 3.20. The van der Waals surface area contributed by atoms with Gasteiger partial charge in [0.05, 0.1) is 12.5 Å². The molecule has 0 spiro atoms. The van der Waals surface area contributed by atoms with Gasteiger partial charge in [0.25, 0.3) is 0 Å². The van der Waals surface area contributed by atoms with E-state index in [4.69, 9.17) is 0 Å². The quantitative estimate of drug-likeness (QED) is 0.815. The molecule has 2 aromatic rings. The van der Waals surface area contributed by atoms with Crippen LogP contribution in [0.25, 0.3) is 0 Å². The first-order chi connectivity index (χ1) is 11.2. The van der Waals surface area contributed by atoms with E-state index in [1.54, 1.807) is 11.7 Å². The SMILES string of the molecule is Cc1nonc1CC(=O)N1CCC(n2nnc(C3CC3)n2)CC1.